The van der Waals surface area contributed by atoms with Crippen molar-refractivity contribution in [2.24, 2.45) is 5.92 Å². The number of rotatable bonds is 11. The normalized spacial score (nSPS) is 22.4. The Bertz CT molecular complexity index is 967. The van der Waals surface area contributed by atoms with Crippen LogP contribution in [-0.2, 0) is 29.9 Å². The van der Waals surface area contributed by atoms with Gasteiger partial charge in [-0.2, -0.15) is 0 Å². The van der Waals surface area contributed by atoms with Crippen LogP contribution in [0.3, 0.4) is 0 Å². The fourth-order valence-electron chi connectivity index (χ4n) is 6.70. The predicted octanol–water partition coefficient (Wildman–Crippen LogP) is 7.74. The molecule has 1 heterocycles. The van der Waals surface area contributed by atoms with E-state index in [0.29, 0.717) is 23.0 Å². The van der Waals surface area contributed by atoms with E-state index in [1.54, 1.807) is 27.9 Å². The number of hydrogen-bond donors (Lipinski definition) is 0. The van der Waals surface area contributed by atoms with Gasteiger partial charge < -0.3 is 23.4 Å². The number of esters is 1. The topological polar surface area (TPSA) is 83.5 Å². The Balaban J connectivity index is 2.53. The van der Waals surface area contributed by atoms with Crippen molar-refractivity contribution in [2.75, 3.05) is 21.0 Å². The molecule has 1 aromatic rings. The van der Waals surface area contributed by atoms with E-state index in [1.807, 2.05) is 19.1 Å². The molecule has 0 aliphatic carbocycles. The Hall–Kier alpha value is -2.10. The summed E-state index contributed by atoms with van der Waals surface area (Å²) < 4.78 is 30.0. The van der Waals surface area contributed by atoms with Crippen molar-refractivity contribution < 1.29 is 33.0 Å². The van der Waals surface area contributed by atoms with Gasteiger partial charge in [0, 0.05) is 7.11 Å². The maximum atomic E-state index is 13.8. The summed E-state index contributed by atoms with van der Waals surface area (Å²) in [5.74, 6) is 0.480. The fourth-order valence-corrected chi connectivity index (χ4v) is 12.4. The van der Waals surface area contributed by atoms with Crippen molar-refractivity contribution in [3.05, 3.63) is 29.8 Å². The number of hydrogen-bond acceptors (Lipinski definition) is 7. The highest BCUT2D eigenvalue weighted by Gasteiger charge is 2.49. The van der Waals surface area contributed by atoms with Crippen LogP contribution in [0.5, 0.6) is 5.75 Å². The van der Waals surface area contributed by atoms with Crippen LogP contribution in [0, 0.1) is 5.92 Å². The summed E-state index contributed by atoms with van der Waals surface area (Å²) in [7, 11) is 0.852. The third kappa shape index (κ3) is 9.20. The summed E-state index contributed by atoms with van der Waals surface area (Å²) in [6, 6.07) is 7.35. The molecular formula is C33H57NO7Si. The predicted molar refractivity (Wildman–Crippen MR) is 169 cm³/mol. The first-order valence-electron chi connectivity index (χ1n) is 15.6. The van der Waals surface area contributed by atoms with E-state index in [0.717, 1.165) is 25.0 Å². The van der Waals surface area contributed by atoms with Gasteiger partial charge in [-0.05, 0) is 87.2 Å². The van der Waals surface area contributed by atoms with Crippen molar-refractivity contribution in [3.8, 4) is 5.75 Å². The second-order valence-electron chi connectivity index (χ2n) is 13.7. The van der Waals surface area contributed by atoms with Crippen LogP contribution < -0.4 is 4.74 Å². The maximum absolute atomic E-state index is 13.8. The maximum Gasteiger partial charge on any atom is 0.412 e. The van der Waals surface area contributed by atoms with E-state index in [4.69, 9.17) is 23.4 Å². The lowest BCUT2D eigenvalue weighted by molar-refractivity contribution is -0.162. The van der Waals surface area contributed by atoms with Gasteiger partial charge in [-0.25, -0.2) is 9.59 Å². The molecule has 1 aromatic carbocycles. The van der Waals surface area contributed by atoms with Crippen molar-refractivity contribution in [3.63, 3.8) is 0 Å². The highest BCUT2D eigenvalue weighted by molar-refractivity contribution is 6.77. The van der Waals surface area contributed by atoms with Crippen molar-refractivity contribution in [2.45, 2.75) is 135 Å². The molecule has 2 rings (SSSR count). The summed E-state index contributed by atoms with van der Waals surface area (Å²) in [4.78, 5) is 28.3. The number of carbonyl (C=O) groups is 2. The van der Waals surface area contributed by atoms with Gasteiger partial charge in [-0.15, -0.1) is 0 Å². The van der Waals surface area contributed by atoms with E-state index in [2.05, 4.69) is 53.7 Å². The van der Waals surface area contributed by atoms with Crippen LogP contribution >= 0.6 is 0 Å². The molecule has 240 valence electrons. The lowest BCUT2D eigenvalue weighted by atomic mass is 9.87. The smallest absolute Gasteiger partial charge is 0.412 e. The monoisotopic (exact) mass is 607 g/mol. The molecule has 0 N–H and O–H groups in total. The molecule has 0 aromatic heterocycles. The summed E-state index contributed by atoms with van der Waals surface area (Å²) in [6.07, 6.45) is 1.39. The summed E-state index contributed by atoms with van der Waals surface area (Å²) in [5, 5.41) is 0. The van der Waals surface area contributed by atoms with E-state index in [1.165, 1.54) is 17.6 Å². The quantitative estimate of drug-likeness (QED) is 0.145. The minimum absolute atomic E-state index is 0.0671. The zero-order valence-electron chi connectivity index (χ0n) is 28.2. The molecule has 0 radical (unpaired) electrons. The molecule has 0 spiro atoms. The molecule has 42 heavy (non-hydrogen) atoms. The Morgan fingerprint density at radius 3 is 2.05 bits per heavy atom. The second-order valence-corrected chi connectivity index (χ2v) is 19.1. The second kappa shape index (κ2) is 15.6. The molecule has 0 saturated carbocycles. The number of methoxy groups -OCH3 is 2. The lowest BCUT2D eigenvalue weighted by Gasteiger charge is -2.47. The third-order valence-electron chi connectivity index (χ3n) is 8.53. The van der Waals surface area contributed by atoms with Gasteiger partial charge in [0.15, 0.2) is 0 Å². The molecule has 4 atom stereocenters. The number of benzene rings is 1. The average Bonchev–Trinajstić information content (AvgIpc) is 2.93. The van der Waals surface area contributed by atoms with Gasteiger partial charge in [-0.1, -0.05) is 60.1 Å². The molecule has 0 unspecified atom stereocenters. The van der Waals surface area contributed by atoms with Crippen LogP contribution in [0.25, 0.3) is 0 Å². The molecule has 1 saturated heterocycles. The first kappa shape index (κ1) is 36.1. The number of carbonyl (C=O) groups excluding carboxylic acids is 2. The first-order valence-corrected chi connectivity index (χ1v) is 17.7. The van der Waals surface area contributed by atoms with Crippen LogP contribution in [-0.4, -0.2) is 70.1 Å². The molecular weight excluding hydrogens is 550 g/mol. The SMILES string of the molecule is COCN(C(=O)OC(C)(C)C)[C@H]1CCC[C@H](Cc2ccc(OC)cc2)[C@@H](O[Si](C(C)C)(C(C)C)C(C)C)[C@H](C)OC1=O. The van der Waals surface area contributed by atoms with E-state index in [9.17, 15) is 9.59 Å². The molecule has 1 fully saturated rings. The zero-order chi connectivity index (χ0) is 31.8. The fraction of sp³-hybridized carbons (Fsp3) is 0.758. The Kier molecular flexibility index (Phi) is 13.4. The number of ether oxygens (including phenoxy) is 4. The Labute approximate surface area is 255 Å². The van der Waals surface area contributed by atoms with E-state index in [-0.39, 0.29) is 18.8 Å². The van der Waals surface area contributed by atoms with Crippen LogP contribution in [0.2, 0.25) is 16.6 Å². The standard InChI is InChI=1S/C33H57NO7Si/c1-22(2)42(23(3)4,24(5)6)41-30-25(7)39-31(35)29(34(21-37-11)32(36)40-33(8,9)10)15-13-14-27(30)20-26-16-18-28(38-12)19-17-26/h16-19,22-25,27,29-30H,13-15,20-21H2,1-12H3/t25-,27+,29-,30-/m0/s1. The van der Waals surface area contributed by atoms with Crippen molar-refractivity contribution in [1.82, 2.24) is 4.90 Å². The van der Waals surface area contributed by atoms with Gasteiger partial charge >= 0.3 is 12.1 Å². The van der Waals surface area contributed by atoms with E-state index < -0.39 is 38.1 Å². The van der Waals surface area contributed by atoms with Gasteiger partial charge in [0.2, 0.25) is 8.32 Å². The first-order chi connectivity index (χ1) is 19.6. The summed E-state index contributed by atoms with van der Waals surface area (Å²) in [5.41, 5.74) is 1.62. The van der Waals surface area contributed by atoms with Crippen molar-refractivity contribution >= 4 is 20.4 Å². The Morgan fingerprint density at radius 2 is 1.57 bits per heavy atom. The Morgan fingerprint density at radius 1 is 1.00 bits per heavy atom. The van der Waals surface area contributed by atoms with Crippen LogP contribution in [0.15, 0.2) is 24.3 Å². The van der Waals surface area contributed by atoms with Gasteiger partial charge in [0.1, 0.15) is 30.2 Å². The summed E-state index contributed by atoms with van der Waals surface area (Å²) in [6.45, 7) is 20.9. The van der Waals surface area contributed by atoms with Crippen LogP contribution in [0.4, 0.5) is 4.79 Å². The highest BCUT2D eigenvalue weighted by Crippen LogP contribution is 2.45. The van der Waals surface area contributed by atoms with Gasteiger partial charge in [-0.3, -0.25) is 4.90 Å². The zero-order valence-corrected chi connectivity index (χ0v) is 29.2. The van der Waals surface area contributed by atoms with E-state index >= 15 is 0 Å². The van der Waals surface area contributed by atoms with Gasteiger partial charge in [0.05, 0.1) is 13.2 Å². The minimum atomic E-state index is -2.32. The largest absolute Gasteiger partial charge is 0.497 e. The molecule has 0 bridgehead atoms. The molecule has 1 aliphatic heterocycles. The average molecular weight is 608 g/mol. The molecule has 8 nitrogen and oxygen atoms in total. The third-order valence-corrected chi connectivity index (χ3v) is 14.6. The van der Waals surface area contributed by atoms with Gasteiger partial charge in [0.25, 0.3) is 0 Å². The molecule has 1 aliphatic rings. The van der Waals surface area contributed by atoms with Crippen molar-refractivity contribution in [1.29, 1.82) is 0 Å². The number of cyclic esters (lactones) is 1. The van der Waals surface area contributed by atoms with Crippen LogP contribution in [0.1, 0.15) is 94.1 Å². The summed E-state index contributed by atoms with van der Waals surface area (Å²) >= 11 is 0. The number of amides is 1. The number of nitrogens with zero attached hydrogens (tertiary/aromatic N) is 1. The highest BCUT2D eigenvalue weighted by atomic mass is 28.4. The molecule has 9 heteroatoms. The minimum Gasteiger partial charge on any atom is -0.497 e. The lowest BCUT2D eigenvalue weighted by Crippen LogP contribution is -2.55. The molecule has 1 amide bonds.